The van der Waals surface area contributed by atoms with Crippen LogP contribution >= 0.6 is 0 Å². The Hall–Kier alpha value is -2.46. The molecule has 0 amide bonds. The molecule has 3 nitrogen and oxygen atoms in total. The molecule has 122 valence electrons. The van der Waals surface area contributed by atoms with Crippen LogP contribution in [0.15, 0.2) is 67.0 Å². The molecule has 0 spiro atoms. The molecule has 0 saturated carbocycles. The predicted molar refractivity (Wildman–Crippen MR) is 91.9 cm³/mol. The molecule has 1 aliphatic heterocycles. The monoisotopic (exact) mass is 321 g/mol. The molecule has 24 heavy (non-hydrogen) atoms. The molecule has 1 saturated heterocycles. The van der Waals surface area contributed by atoms with E-state index in [4.69, 9.17) is 0 Å². The van der Waals surface area contributed by atoms with Gasteiger partial charge in [-0.3, -0.25) is 9.58 Å². The van der Waals surface area contributed by atoms with E-state index in [-0.39, 0.29) is 5.82 Å². The van der Waals surface area contributed by atoms with Crippen LogP contribution in [0.2, 0.25) is 0 Å². The van der Waals surface area contributed by atoms with Gasteiger partial charge >= 0.3 is 0 Å². The van der Waals surface area contributed by atoms with Crippen LogP contribution in [-0.4, -0.2) is 21.2 Å². The normalized spacial score (nSPS) is 17.6. The first-order chi connectivity index (χ1) is 11.8. The van der Waals surface area contributed by atoms with Gasteiger partial charge in [-0.05, 0) is 41.3 Å². The van der Waals surface area contributed by atoms with Crippen LogP contribution in [0, 0.1) is 5.82 Å². The zero-order valence-corrected chi connectivity index (χ0v) is 13.5. The summed E-state index contributed by atoms with van der Waals surface area (Å²) in [5, 5.41) is 4.26. The fourth-order valence-corrected chi connectivity index (χ4v) is 3.33. The SMILES string of the molecule is Fc1ccc([C@H]2CCN2Cc2cccc(Cn3cccn3)c2)cc1. The first kappa shape index (κ1) is 15.1. The minimum absolute atomic E-state index is 0.170. The van der Waals surface area contributed by atoms with Crippen molar-refractivity contribution >= 4 is 0 Å². The van der Waals surface area contributed by atoms with Gasteiger partial charge in [-0.1, -0.05) is 36.4 Å². The topological polar surface area (TPSA) is 21.1 Å². The van der Waals surface area contributed by atoms with Gasteiger partial charge < -0.3 is 0 Å². The number of likely N-dealkylation sites (tertiary alicyclic amines) is 1. The van der Waals surface area contributed by atoms with Gasteiger partial charge in [0.2, 0.25) is 0 Å². The molecule has 0 aliphatic carbocycles. The lowest BCUT2D eigenvalue weighted by molar-refractivity contribution is 0.0818. The Morgan fingerprint density at radius 1 is 1.00 bits per heavy atom. The molecular weight excluding hydrogens is 301 g/mol. The summed E-state index contributed by atoms with van der Waals surface area (Å²) < 4.78 is 15.0. The Kier molecular flexibility index (Phi) is 4.13. The van der Waals surface area contributed by atoms with Crippen molar-refractivity contribution in [3.05, 3.63) is 89.5 Å². The van der Waals surface area contributed by atoms with Crippen LogP contribution in [0.4, 0.5) is 4.39 Å². The second-order valence-corrected chi connectivity index (χ2v) is 6.35. The van der Waals surface area contributed by atoms with Crippen LogP contribution < -0.4 is 0 Å². The Bertz CT molecular complexity index is 796. The molecule has 0 unspecified atom stereocenters. The molecule has 0 bridgehead atoms. The maximum Gasteiger partial charge on any atom is 0.123 e. The van der Waals surface area contributed by atoms with E-state index in [0.717, 1.165) is 26.1 Å². The van der Waals surface area contributed by atoms with E-state index in [0.29, 0.717) is 6.04 Å². The van der Waals surface area contributed by atoms with Gasteiger partial charge in [-0.2, -0.15) is 5.10 Å². The quantitative estimate of drug-likeness (QED) is 0.708. The van der Waals surface area contributed by atoms with Gasteiger partial charge in [0.25, 0.3) is 0 Å². The standard InChI is InChI=1S/C20H20FN3/c21-19-7-5-18(6-8-19)20-9-12-23(20)14-16-3-1-4-17(13-16)15-24-11-2-10-22-24/h1-8,10-11,13,20H,9,12,14-15H2/t20-/m1/s1. The number of nitrogens with zero attached hydrogens (tertiary/aromatic N) is 3. The third-order valence-corrected chi connectivity index (χ3v) is 4.67. The minimum Gasteiger partial charge on any atom is -0.292 e. The first-order valence-corrected chi connectivity index (χ1v) is 8.33. The van der Waals surface area contributed by atoms with Crippen molar-refractivity contribution in [2.24, 2.45) is 0 Å². The Morgan fingerprint density at radius 2 is 1.79 bits per heavy atom. The molecule has 1 fully saturated rings. The van der Waals surface area contributed by atoms with Crippen molar-refractivity contribution in [1.29, 1.82) is 0 Å². The fourth-order valence-electron chi connectivity index (χ4n) is 3.33. The number of rotatable bonds is 5. The molecule has 0 radical (unpaired) electrons. The van der Waals surface area contributed by atoms with Crippen LogP contribution in [0.1, 0.15) is 29.2 Å². The summed E-state index contributed by atoms with van der Waals surface area (Å²) in [6, 6.07) is 17.9. The molecule has 4 rings (SSSR count). The summed E-state index contributed by atoms with van der Waals surface area (Å²) in [6.07, 6.45) is 4.92. The molecule has 3 aromatic rings. The average Bonchev–Trinajstić information content (AvgIpc) is 3.07. The Labute approximate surface area is 141 Å². The average molecular weight is 321 g/mol. The van der Waals surface area contributed by atoms with Crippen molar-refractivity contribution in [2.45, 2.75) is 25.6 Å². The minimum atomic E-state index is -0.170. The summed E-state index contributed by atoms with van der Waals surface area (Å²) in [6.45, 7) is 2.81. The van der Waals surface area contributed by atoms with E-state index in [1.807, 2.05) is 29.1 Å². The van der Waals surface area contributed by atoms with Gasteiger partial charge in [0.1, 0.15) is 5.82 Å². The lowest BCUT2D eigenvalue weighted by atomic mass is 9.94. The maximum absolute atomic E-state index is 13.1. The zero-order chi connectivity index (χ0) is 16.4. The van der Waals surface area contributed by atoms with Gasteiger partial charge in [-0.15, -0.1) is 0 Å². The first-order valence-electron chi connectivity index (χ1n) is 8.33. The summed E-state index contributed by atoms with van der Waals surface area (Å²) in [7, 11) is 0. The van der Waals surface area contributed by atoms with E-state index in [9.17, 15) is 4.39 Å². The molecule has 1 aromatic heterocycles. The number of benzene rings is 2. The second kappa shape index (κ2) is 6.57. The van der Waals surface area contributed by atoms with Crippen LogP contribution in [0.3, 0.4) is 0 Å². The van der Waals surface area contributed by atoms with E-state index < -0.39 is 0 Å². The highest BCUT2D eigenvalue weighted by molar-refractivity contribution is 5.26. The van der Waals surface area contributed by atoms with Gasteiger partial charge in [-0.25, -0.2) is 4.39 Å². The smallest absolute Gasteiger partial charge is 0.123 e. The highest BCUT2D eigenvalue weighted by Crippen LogP contribution is 2.34. The van der Waals surface area contributed by atoms with Crippen molar-refractivity contribution in [3.8, 4) is 0 Å². The number of hydrogen-bond acceptors (Lipinski definition) is 2. The largest absolute Gasteiger partial charge is 0.292 e. The highest BCUT2D eigenvalue weighted by Gasteiger charge is 2.29. The Morgan fingerprint density at radius 3 is 2.46 bits per heavy atom. The zero-order valence-electron chi connectivity index (χ0n) is 13.5. The van der Waals surface area contributed by atoms with Crippen LogP contribution in [0.5, 0.6) is 0 Å². The molecular formula is C20H20FN3. The van der Waals surface area contributed by atoms with E-state index in [1.54, 1.807) is 18.3 Å². The lowest BCUT2D eigenvalue weighted by Gasteiger charge is -2.41. The highest BCUT2D eigenvalue weighted by atomic mass is 19.1. The van der Waals surface area contributed by atoms with Gasteiger partial charge in [0.05, 0.1) is 6.54 Å². The van der Waals surface area contributed by atoms with Crippen molar-refractivity contribution < 1.29 is 4.39 Å². The molecule has 1 atom stereocenters. The Balaban J connectivity index is 1.44. The maximum atomic E-state index is 13.1. The number of halogens is 1. The second-order valence-electron chi connectivity index (χ2n) is 6.35. The molecule has 2 heterocycles. The van der Waals surface area contributed by atoms with Crippen molar-refractivity contribution in [2.75, 3.05) is 6.54 Å². The predicted octanol–water partition coefficient (Wildman–Crippen LogP) is 4.02. The van der Waals surface area contributed by atoms with Gasteiger partial charge in [0, 0.05) is 31.5 Å². The van der Waals surface area contributed by atoms with Crippen LogP contribution in [0.25, 0.3) is 0 Å². The summed E-state index contributed by atoms with van der Waals surface area (Å²) >= 11 is 0. The number of hydrogen-bond donors (Lipinski definition) is 0. The lowest BCUT2D eigenvalue weighted by Crippen LogP contribution is -2.40. The van der Waals surface area contributed by atoms with Gasteiger partial charge in [0.15, 0.2) is 0 Å². The molecule has 4 heteroatoms. The summed E-state index contributed by atoms with van der Waals surface area (Å²) in [5.74, 6) is -0.170. The molecule has 0 N–H and O–H groups in total. The van der Waals surface area contributed by atoms with Crippen molar-refractivity contribution in [1.82, 2.24) is 14.7 Å². The van der Waals surface area contributed by atoms with E-state index >= 15 is 0 Å². The number of aromatic nitrogens is 2. The molecule has 2 aromatic carbocycles. The third kappa shape index (κ3) is 3.24. The summed E-state index contributed by atoms with van der Waals surface area (Å²) in [5.41, 5.74) is 3.77. The third-order valence-electron chi connectivity index (χ3n) is 4.67. The van der Waals surface area contributed by atoms with Crippen LogP contribution in [-0.2, 0) is 13.1 Å². The van der Waals surface area contributed by atoms with E-state index in [2.05, 4.69) is 34.3 Å². The fraction of sp³-hybridized carbons (Fsp3) is 0.250. The van der Waals surface area contributed by atoms with Crippen molar-refractivity contribution in [3.63, 3.8) is 0 Å². The molecule has 1 aliphatic rings. The summed E-state index contributed by atoms with van der Waals surface area (Å²) in [4.78, 5) is 2.44. The van der Waals surface area contributed by atoms with E-state index in [1.165, 1.54) is 16.7 Å².